The summed E-state index contributed by atoms with van der Waals surface area (Å²) in [4.78, 5) is 0. The zero-order valence-corrected chi connectivity index (χ0v) is 13.3. The zero-order valence-electron chi connectivity index (χ0n) is 12.6. The first-order chi connectivity index (χ1) is 9.65. The summed E-state index contributed by atoms with van der Waals surface area (Å²) >= 11 is 6.48. The molecule has 112 valence electrons. The van der Waals surface area contributed by atoms with E-state index < -0.39 is 5.79 Å². The molecule has 1 N–H and O–H groups in total. The SMILES string of the molecule is CC.CCC1NN2C=CC=C(C3(C)OCCO3)C2=C1Cl. The largest absolute Gasteiger partial charge is 0.344 e. The summed E-state index contributed by atoms with van der Waals surface area (Å²) in [5.41, 5.74) is 5.30. The highest BCUT2D eigenvalue weighted by molar-refractivity contribution is 6.31. The molecule has 1 fully saturated rings. The van der Waals surface area contributed by atoms with Crippen LogP contribution < -0.4 is 5.43 Å². The fourth-order valence-electron chi connectivity index (χ4n) is 2.56. The molecule has 0 aromatic rings. The van der Waals surface area contributed by atoms with Gasteiger partial charge in [0.15, 0.2) is 5.79 Å². The molecule has 1 atom stereocenters. The Hall–Kier alpha value is -0.810. The third-order valence-corrected chi connectivity index (χ3v) is 4.00. The normalized spacial score (nSPS) is 27.1. The van der Waals surface area contributed by atoms with E-state index in [1.54, 1.807) is 0 Å². The minimum atomic E-state index is -0.692. The Morgan fingerprint density at radius 3 is 2.65 bits per heavy atom. The van der Waals surface area contributed by atoms with E-state index in [0.29, 0.717) is 13.2 Å². The molecule has 0 amide bonds. The lowest BCUT2D eigenvalue weighted by molar-refractivity contribution is -0.109. The minimum absolute atomic E-state index is 0.165. The molecule has 1 saturated heterocycles. The van der Waals surface area contributed by atoms with Crippen LogP contribution in [0.25, 0.3) is 0 Å². The molecule has 0 radical (unpaired) electrons. The molecule has 0 saturated carbocycles. The van der Waals surface area contributed by atoms with Gasteiger partial charge >= 0.3 is 0 Å². The van der Waals surface area contributed by atoms with Gasteiger partial charge in [0.2, 0.25) is 0 Å². The molecule has 3 heterocycles. The van der Waals surface area contributed by atoms with Gasteiger partial charge in [0.25, 0.3) is 0 Å². The quantitative estimate of drug-likeness (QED) is 0.848. The van der Waals surface area contributed by atoms with Crippen molar-refractivity contribution in [3.8, 4) is 0 Å². The highest BCUT2D eigenvalue weighted by Crippen LogP contribution is 2.41. The Labute approximate surface area is 126 Å². The van der Waals surface area contributed by atoms with E-state index in [-0.39, 0.29) is 6.04 Å². The number of nitrogens with zero attached hydrogens (tertiary/aromatic N) is 1. The second-order valence-corrected chi connectivity index (χ2v) is 5.13. The van der Waals surface area contributed by atoms with Crippen LogP contribution in [0.1, 0.15) is 34.1 Å². The number of hydrogen-bond donors (Lipinski definition) is 1. The van der Waals surface area contributed by atoms with E-state index >= 15 is 0 Å². The smallest absolute Gasteiger partial charge is 0.194 e. The predicted molar refractivity (Wildman–Crippen MR) is 80.8 cm³/mol. The molecule has 3 rings (SSSR count). The van der Waals surface area contributed by atoms with Gasteiger partial charge in [-0.25, -0.2) is 5.43 Å². The lowest BCUT2D eigenvalue weighted by Gasteiger charge is -2.31. The van der Waals surface area contributed by atoms with Gasteiger partial charge in [0.05, 0.1) is 30.0 Å². The predicted octanol–water partition coefficient (Wildman–Crippen LogP) is 3.28. The Balaban J connectivity index is 0.000000704. The topological polar surface area (TPSA) is 33.7 Å². The number of hydrazine groups is 1. The first-order valence-corrected chi connectivity index (χ1v) is 7.66. The van der Waals surface area contributed by atoms with Crippen LogP contribution in [0.3, 0.4) is 0 Å². The Kier molecular flexibility index (Phi) is 4.91. The molecule has 20 heavy (non-hydrogen) atoms. The summed E-state index contributed by atoms with van der Waals surface area (Å²) in [6.07, 6.45) is 6.90. The van der Waals surface area contributed by atoms with Crippen molar-refractivity contribution in [3.63, 3.8) is 0 Å². The van der Waals surface area contributed by atoms with Gasteiger partial charge in [-0.1, -0.05) is 32.4 Å². The summed E-state index contributed by atoms with van der Waals surface area (Å²) in [6, 6.07) is 0.165. The summed E-state index contributed by atoms with van der Waals surface area (Å²) < 4.78 is 11.5. The van der Waals surface area contributed by atoms with E-state index in [2.05, 4.69) is 12.3 Å². The van der Waals surface area contributed by atoms with Gasteiger partial charge in [-0.2, -0.15) is 0 Å². The summed E-state index contributed by atoms with van der Waals surface area (Å²) in [6.45, 7) is 9.29. The number of nitrogens with one attached hydrogen (secondary N) is 1. The van der Waals surface area contributed by atoms with Crippen molar-refractivity contribution in [1.29, 1.82) is 0 Å². The van der Waals surface area contributed by atoms with Crippen molar-refractivity contribution in [2.24, 2.45) is 0 Å². The van der Waals surface area contributed by atoms with Gasteiger partial charge < -0.3 is 9.47 Å². The summed E-state index contributed by atoms with van der Waals surface area (Å²) in [7, 11) is 0. The highest BCUT2D eigenvalue weighted by Gasteiger charge is 2.43. The molecule has 3 aliphatic heterocycles. The lowest BCUT2D eigenvalue weighted by Crippen LogP contribution is -2.38. The molecule has 0 bridgehead atoms. The maximum Gasteiger partial charge on any atom is 0.194 e. The van der Waals surface area contributed by atoms with Gasteiger partial charge in [-0.15, -0.1) is 0 Å². The Morgan fingerprint density at radius 2 is 2.05 bits per heavy atom. The number of hydrogen-bond acceptors (Lipinski definition) is 4. The standard InChI is InChI=1S/C13H17ClN2O2.C2H6/c1-3-10-11(14)12-9(5-4-6-16(12)15-10)13(2)17-7-8-18-13;1-2/h4-6,10,15H,3,7-8H2,1-2H3;1-2H3. The van der Waals surface area contributed by atoms with E-state index in [9.17, 15) is 0 Å². The maximum atomic E-state index is 6.48. The van der Waals surface area contributed by atoms with E-state index in [4.69, 9.17) is 21.1 Å². The molecular weight excluding hydrogens is 276 g/mol. The second kappa shape index (κ2) is 6.31. The minimum Gasteiger partial charge on any atom is -0.344 e. The molecule has 1 unspecified atom stereocenters. The molecular formula is C15H23ClN2O2. The third-order valence-electron chi connectivity index (χ3n) is 3.56. The first kappa shape index (κ1) is 15.6. The maximum absolute atomic E-state index is 6.48. The molecule has 0 aliphatic carbocycles. The first-order valence-electron chi connectivity index (χ1n) is 7.28. The monoisotopic (exact) mass is 298 g/mol. The fourth-order valence-corrected chi connectivity index (χ4v) is 2.95. The highest BCUT2D eigenvalue weighted by atomic mass is 35.5. The number of halogens is 1. The average Bonchev–Trinajstić information content (AvgIpc) is 3.06. The number of allylic oxidation sites excluding steroid dienone is 2. The van der Waals surface area contributed by atoms with Crippen LogP contribution in [0.15, 0.2) is 34.7 Å². The lowest BCUT2D eigenvalue weighted by atomic mass is 10.00. The summed E-state index contributed by atoms with van der Waals surface area (Å²) in [5, 5.41) is 2.79. The van der Waals surface area contributed by atoms with Crippen LogP contribution in [0, 0.1) is 0 Å². The van der Waals surface area contributed by atoms with Gasteiger partial charge in [-0.05, 0) is 25.5 Å². The number of fused-ring (bicyclic) bond motifs is 1. The van der Waals surface area contributed by atoms with Gasteiger partial charge in [-0.3, -0.25) is 5.01 Å². The van der Waals surface area contributed by atoms with Crippen molar-refractivity contribution >= 4 is 11.6 Å². The molecule has 0 aromatic carbocycles. The molecule has 0 spiro atoms. The van der Waals surface area contributed by atoms with Crippen molar-refractivity contribution < 1.29 is 9.47 Å². The Morgan fingerprint density at radius 1 is 1.40 bits per heavy atom. The van der Waals surface area contributed by atoms with Crippen LogP contribution >= 0.6 is 11.6 Å². The molecule has 3 aliphatic rings. The van der Waals surface area contributed by atoms with Crippen LogP contribution in [0.2, 0.25) is 0 Å². The number of ether oxygens (including phenoxy) is 2. The zero-order chi connectivity index (χ0) is 14.8. The van der Waals surface area contributed by atoms with Crippen molar-refractivity contribution in [3.05, 3.63) is 34.7 Å². The van der Waals surface area contributed by atoms with E-state index in [0.717, 1.165) is 22.7 Å². The molecule has 4 nitrogen and oxygen atoms in total. The molecule has 0 aromatic heterocycles. The van der Waals surface area contributed by atoms with Crippen LogP contribution in [-0.4, -0.2) is 30.1 Å². The average molecular weight is 299 g/mol. The van der Waals surface area contributed by atoms with Crippen LogP contribution in [0.4, 0.5) is 0 Å². The third kappa shape index (κ3) is 2.53. The fraction of sp³-hybridized carbons (Fsp3) is 0.600. The van der Waals surface area contributed by atoms with Crippen molar-refractivity contribution in [2.45, 2.75) is 45.9 Å². The van der Waals surface area contributed by atoms with Crippen LogP contribution in [0.5, 0.6) is 0 Å². The van der Waals surface area contributed by atoms with Crippen LogP contribution in [-0.2, 0) is 9.47 Å². The Bertz CT molecular complexity index is 451. The molecule has 5 heteroatoms. The second-order valence-electron chi connectivity index (χ2n) is 4.72. The van der Waals surface area contributed by atoms with Gasteiger partial charge in [0.1, 0.15) is 0 Å². The van der Waals surface area contributed by atoms with Crippen molar-refractivity contribution in [2.75, 3.05) is 13.2 Å². The van der Waals surface area contributed by atoms with Crippen molar-refractivity contribution in [1.82, 2.24) is 10.4 Å². The van der Waals surface area contributed by atoms with Gasteiger partial charge in [0, 0.05) is 11.8 Å². The van der Waals surface area contributed by atoms with E-state index in [1.165, 1.54) is 0 Å². The van der Waals surface area contributed by atoms with E-state index in [1.807, 2.05) is 44.1 Å². The summed E-state index contributed by atoms with van der Waals surface area (Å²) in [5.74, 6) is -0.692. The number of rotatable bonds is 2.